The molecule has 0 bridgehead atoms. The van der Waals surface area contributed by atoms with Gasteiger partial charge < -0.3 is 21.5 Å². The van der Waals surface area contributed by atoms with Gasteiger partial charge in [0.25, 0.3) is 0 Å². The van der Waals surface area contributed by atoms with Crippen LogP contribution in [0, 0.1) is 5.41 Å². The van der Waals surface area contributed by atoms with Gasteiger partial charge in [-0.25, -0.2) is 9.59 Å². The van der Waals surface area contributed by atoms with E-state index in [-0.39, 0.29) is 22.8 Å². The van der Waals surface area contributed by atoms with E-state index in [9.17, 15) is 14.4 Å². The van der Waals surface area contributed by atoms with Crippen LogP contribution in [0.25, 0.3) is 0 Å². The number of nitrogens with two attached hydrogens (primary N) is 1. The Kier molecular flexibility index (Phi) is 5.15. The molecule has 0 atom stereocenters. The van der Waals surface area contributed by atoms with Gasteiger partial charge in [0.15, 0.2) is 0 Å². The standard InChI is InChI=1S/C13H16ClN3O4/c1-13(2,11(15)20)6-16-12(21)17-9-4-7(10(18)19)3-8(14)5-9/h3-5H,6H2,1-2H3,(H2,15,20)(H,18,19)(H2,16,17,21). The molecule has 0 saturated carbocycles. The van der Waals surface area contributed by atoms with E-state index in [4.69, 9.17) is 22.4 Å². The van der Waals surface area contributed by atoms with Crippen LogP contribution in [0.5, 0.6) is 0 Å². The first kappa shape index (κ1) is 16.8. The predicted molar refractivity (Wildman–Crippen MR) is 78.4 cm³/mol. The maximum Gasteiger partial charge on any atom is 0.335 e. The monoisotopic (exact) mass is 313 g/mol. The van der Waals surface area contributed by atoms with E-state index in [1.807, 2.05) is 0 Å². The molecule has 0 aliphatic carbocycles. The Labute approximate surface area is 126 Å². The third-order valence-electron chi connectivity index (χ3n) is 2.76. The summed E-state index contributed by atoms with van der Waals surface area (Å²) in [5.74, 6) is -1.70. The van der Waals surface area contributed by atoms with Crippen molar-refractivity contribution < 1.29 is 19.5 Å². The lowest BCUT2D eigenvalue weighted by Crippen LogP contribution is -2.43. The van der Waals surface area contributed by atoms with Crippen molar-refractivity contribution in [3.8, 4) is 0 Å². The Balaban J connectivity index is 2.71. The van der Waals surface area contributed by atoms with Gasteiger partial charge in [-0.2, -0.15) is 0 Å². The van der Waals surface area contributed by atoms with Crippen molar-refractivity contribution in [1.29, 1.82) is 0 Å². The zero-order valence-corrected chi connectivity index (χ0v) is 12.3. The maximum atomic E-state index is 11.7. The largest absolute Gasteiger partial charge is 0.478 e. The molecule has 0 aromatic heterocycles. The number of hydrogen-bond donors (Lipinski definition) is 4. The van der Waals surface area contributed by atoms with Crippen LogP contribution in [0.3, 0.4) is 0 Å². The molecular formula is C13H16ClN3O4. The highest BCUT2D eigenvalue weighted by Crippen LogP contribution is 2.19. The molecule has 3 amide bonds. The number of halogens is 1. The second kappa shape index (κ2) is 6.45. The summed E-state index contributed by atoms with van der Waals surface area (Å²) in [5, 5.41) is 14.0. The zero-order valence-electron chi connectivity index (χ0n) is 11.6. The number of carboxylic acid groups (broad SMARTS) is 1. The van der Waals surface area contributed by atoms with Crippen LogP contribution in [0.2, 0.25) is 5.02 Å². The average molecular weight is 314 g/mol. The van der Waals surface area contributed by atoms with Gasteiger partial charge in [-0.05, 0) is 32.0 Å². The number of nitrogens with one attached hydrogen (secondary N) is 2. The fourth-order valence-corrected chi connectivity index (χ4v) is 1.58. The first-order chi connectivity index (χ1) is 9.61. The lowest BCUT2D eigenvalue weighted by atomic mass is 9.93. The third-order valence-corrected chi connectivity index (χ3v) is 2.98. The highest BCUT2D eigenvalue weighted by Gasteiger charge is 2.25. The molecule has 0 aliphatic heterocycles. The summed E-state index contributed by atoms with van der Waals surface area (Å²) in [4.78, 5) is 33.7. The minimum Gasteiger partial charge on any atom is -0.478 e. The van der Waals surface area contributed by atoms with E-state index in [0.717, 1.165) is 0 Å². The summed E-state index contributed by atoms with van der Waals surface area (Å²) in [7, 11) is 0. The molecule has 1 aromatic carbocycles. The Morgan fingerprint density at radius 2 is 1.90 bits per heavy atom. The number of amides is 3. The van der Waals surface area contributed by atoms with Crippen molar-refractivity contribution in [3.63, 3.8) is 0 Å². The molecule has 5 N–H and O–H groups in total. The molecule has 21 heavy (non-hydrogen) atoms. The minimum absolute atomic E-state index is 0.0422. The highest BCUT2D eigenvalue weighted by atomic mass is 35.5. The van der Waals surface area contributed by atoms with E-state index in [1.165, 1.54) is 18.2 Å². The van der Waals surface area contributed by atoms with E-state index >= 15 is 0 Å². The van der Waals surface area contributed by atoms with Crippen LogP contribution in [-0.4, -0.2) is 29.6 Å². The van der Waals surface area contributed by atoms with Gasteiger partial charge in [0.05, 0.1) is 11.0 Å². The molecule has 8 heteroatoms. The number of benzene rings is 1. The first-order valence-electron chi connectivity index (χ1n) is 6.00. The van der Waals surface area contributed by atoms with Gasteiger partial charge in [0.1, 0.15) is 0 Å². The zero-order chi connectivity index (χ0) is 16.2. The summed E-state index contributed by atoms with van der Waals surface area (Å²) in [6.45, 7) is 3.23. The van der Waals surface area contributed by atoms with Crippen LogP contribution < -0.4 is 16.4 Å². The number of carbonyl (C=O) groups is 3. The van der Waals surface area contributed by atoms with E-state index in [1.54, 1.807) is 13.8 Å². The summed E-state index contributed by atoms with van der Waals surface area (Å²) in [6.07, 6.45) is 0. The lowest BCUT2D eigenvalue weighted by Gasteiger charge is -2.20. The van der Waals surface area contributed by atoms with Crippen molar-refractivity contribution >= 4 is 35.2 Å². The molecule has 0 saturated heterocycles. The second-order valence-electron chi connectivity index (χ2n) is 5.09. The van der Waals surface area contributed by atoms with Crippen molar-refractivity contribution in [1.82, 2.24) is 5.32 Å². The molecule has 1 aromatic rings. The molecule has 0 spiro atoms. The van der Waals surface area contributed by atoms with Gasteiger partial charge in [-0.15, -0.1) is 0 Å². The minimum atomic E-state index is -1.16. The van der Waals surface area contributed by atoms with Crippen LogP contribution in [0.15, 0.2) is 18.2 Å². The molecule has 0 radical (unpaired) electrons. The average Bonchev–Trinajstić information content (AvgIpc) is 2.35. The van der Waals surface area contributed by atoms with E-state index in [0.29, 0.717) is 0 Å². The fourth-order valence-electron chi connectivity index (χ4n) is 1.35. The van der Waals surface area contributed by atoms with E-state index < -0.39 is 23.3 Å². The van der Waals surface area contributed by atoms with Crippen LogP contribution in [-0.2, 0) is 4.79 Å². The Morgan fingerprint density at radius 3 is 2.43 bits per heavy atom. The summed E-state index contributed by atoms with van der Waals surface area (Å²) in [5.41, 5.74) is 4.48. The number of rotatable bonds is 5. The fraction of sp³-hybridized carbons (Fsp3) is 0.308. The Bertz CT molecular complexity index is 587. The normalized spacial score (nSPS) is 10.8. The highest BCUT2D eigenvalue weighted by molar-refractivity contribution is 6.31. The van der Waals surface area contributed by atoms with Crippen LogP contribution >= 0.6 is 11.6 Å². The molecule has 7 nitrogen and oxygen atoms in total. The predicted octanol–water partition coefficient (Wildman–Crippen LogP) is 1.67. The SMILES string of the molecule is CC(C)(CNC(=O)Nc1cc(Cl)cc(C(=O)O)c1)C(N)=O. The number of hydrogen-bond acceptors (Lipinski definition) is 3. The number of aromatic carboxylic acids is 1. The molecule has 0 unspecified atom stereocenters. The molecular weight excluding hydrogens is 298 g/mol. The molecule has 114 valence electrons. The number of carbonyl (C=O) groups excluding carboxylic acids is 2. The summed E-state index contributed by atoms with van der Waals surface area (Å²) >= 11 is 5.77. The first-order valence-corrected chi connectivity index (χ1v) is 6.38. The second-order valence-corrected chi connectivity index (χ2v) is 5.53. The van der Waals surface area contributed by atoms with Crippen molar-refractivity contribution in [2.24, 2.45) is 11.1 Å². The van der Waals surface area contributed by atoms with Gasteiger partial charge in [0, 0.05) is 17.3 Å². The Morgan fingerprint density at radius 1 is 1.29 bits per heavy atom. The van der Waals surface area contributed by atoms with Crippen molar-refractivity contribution in [2.45, 2.75) is 13.8 Å². The van der Waals surface area contributed by atoms with Gasteiger partial charge in [-0.1, -0.05) is 11.6 Å². The Hall–Kier alpha value is -2.28. The smallest absolute Gasteiger partial charge is 0.335 e. The molecule has 0 fully saturated rings. The van der Waals surface area contributed by atoms with Gasteiger partial charge >= 0.3 is 12.0 Å². The maximum absolute atomic E-state index is 11.7. The summed E-state index contributed by atoms with van der Waals surface area (Å²) < 4.78 is 0. The molecule has 0 aliphatic rings. The topological polar surface area (TPSA) is 122 Å². The van der Waals surface area contributed by atoms with Crippen LogP contribution in [0.1, 0.15) is 24.2 Å². The van der Waals surface area contributed by atoms with Crippen molar-refractivity contribution in [3.05, 3.63) is 28.8 Å². The summed E-state index contributed by atoms with van der Waals surface area (Å²) in [6, 6.07) is 3.35. The van der Waals surface area contributed by atoms with Gasteiger partial charge in [0.2, 0.25) is 5.91 Å². The molecule has 1 rings (SSSR count). The number of anilines is 1. The van der Waals surface area contributed by atoms with Crippen molar-refractivity contribution in [2.75, 3.05) is 11.9 Å². The number of urea groups is 1. The third kappa shape index (κ3) is 4.96. The number of carboxylic acids is 1. The quantitative estimate of drug-likeness (QED) is 0.660. The van der Waals surface area contributed by atoms with Gasteiger partial charge in [-0.3, -0.25) is 4.79 Å². The van der Waals surface area contributed by atoms with E-state index in [2.05, 4.69) is 10.6 Å². The lowest BCUT2D eigenvalue weighted by molar-refractivity contribution is -0.125. The molecule has 0 heterocycles. The number of primary amides is 1. The van der Waals surface area contributed by atoms with Crippen LogP contribution in [0.4, 0.5) is 10.5 Å².